The highest BCUT2D eigenvalue weighted by Gasteiger charge is 2.45. The van der Waals surface area contributed by atoms with Crippen molar-refractivity contribution in [3.63, 3.8) is 0 Å². The van der Waals surface area contributed by atoms with E-state index in [-0.39, 0.29) is 0 Å². The second-order valence-corrected chi connectivity index (χ2v) is 7.36. The van der Waals surface area contributed by atoms with E-state index in [0.29, 0.717) is 11.5 Å². The maximum Gasteiger partial charge on any atom is 0.0649 e. The Morgan fingerprint density at radius 3 is 2.83 bits per heavy atom. The molecule has 2 fully saturated rings. The van der Waals surface area contributed by atoms with Gasteiger partial charge in [-0.15, -0.1) is 0 Å². The first kappa shape index (κ1) is 15.9. The lowest BCUT2D eigenvalue weighted by Crippen LogP contribution is -2.47. The minimum Gasteiger partial charge on any atom is -0.381 e. The van der Waals surface area contributed by atoms with Crippen LogP contribution in [0.2, 0.25) is 0 Å². The van der Waals surface area contributed by atoms with E-state index in [1.54, 1.807) is 0 Å². The number of ether oxygens (including phenoxy) is 1. The molecule has 1 saturated carbocycles. The van der Waals surface area contributed by atoms with Crippen molar-refractivity contribution in [2.75, 3.05) is 20.2 Å². The van der Waals surface area contributed by atoms with Crippen molar-refractivity contribution in [2.45, 2.75) is 44.8 Å². The molecule has 1 aromatic heterocycles. The molecule has 0 amide bonds. The zero-order chi connectivity index (χ0) is 16.4. The predicted octanol–water partition coefficient (Wildman–Crippen LogP) is 3.65. The molecule has 1 aliphatic heterocycles. The highest BCUT2D eigenvalue weighted by atomic mass is 16.5. The smallest absolute Gasteiger partial charge is 0.0649 e. The van der Waals surface area contributed by atoms with Gasteiger partial charge in [-0.3, -0.25) is 4.90 Å². The van der Waals surface area contributed by atoms with E-state index in [9.17, 15) is 0 Å². The van der Waals surface area contributed by atoms with Gasteiger partial charge in [-0.25, -0.2) is 4.68 Å². The summed E-state index contributed by atoms with van der Waals surface area (Å²) < 4.78 is 7.91. The van der Waals surface area contributed by atoms with Crippen LogP contribution in [0.25, 0.3) is 5.69 Å². The van der Waals surface area contributed by atoms with E-state index in [1.165, 1.54) is 44.3 Å². The largest absolute Gasteiger partial charge is 0.381 e. The Bertz CT molecular complexity index is 669. The Balaban J connectivity index is 1.51. The van der Waals surface area contributed by atoms with Crippen molar-refractivity contribution < 1.29 is 4.74 Å². The Morgan fingerprint density at radius 2 is 2.00 bits per heavy atom. The Hall–Kier alpha value is -1.65. The van der Waals surface area contributed by atoms with Gasteiger partial charge in [0.25, 0.3) is 0 Å². The topological polar surface area (TPSA) is 30.3 Å². The summed E-state index contributed by atoms with van der Waals surface area (Å²) in [5.74, 6) is 0. The summed E-state index contributed by atoms with van der Waals surface area (Å²) in [6, 6.07) is 12.6. The second-order valence-electron chi connectivity index (χ2n) is 7.36. The molecule has 2 aliphatic rings. The van der Waals surface area contributed by atoms with E-state index in [0.717, 1.165) is 18.8 Å². The maximum absolute atomic E-state index is 5.84. The SMILES string of the molecule is CO[C@@H]1CCC[C@@]12CCCN(Cc1ccnn1-c1ccccc1)C2. The number of benzene rings is 1. The number of nitrogens with zero attached hydrogens (tertiary/aromatic N) is 3. The molecule has 0 radical (unpaired) electrons. The Kier molecular flexibility index (Phi) is 4.42. The standard InChI is InChI=1S/C20H27N3O/c1-24-19-9-5-11-20(19)12-6-14-22(16-20)15-18-10-13-21-23(18)17-7-3-2-4-8-17/h2-4,7-8,10,13,19H,5-6,9,11-12,14-16H2,1H3/t19-,20+/m1/s1. The number of piperidine rings is 1. The average molecular weight is 325 g/mol. The first-order valence-corrected chi connectivity index (χ1v) is 9.14. The molecule has 0 unspecified atom stereocenters. The molecule has 1 aromatic carbocycles. The average Bonchev–Trinajstić information content (AvgIpc) is 3.23. The molecular formula is C20H27N3O. The first-order chi connectivity index (χ1) is 11.8. The molecule has 2 aromatic rings. The van der Waals surface area contributed by atoms with E-state index < -0.39 is 0 Å². The highest BCUT2D eigenvalue weighted by Crippen LogP contribution is 2.46. The molecular weight excluding hydrogens is 298 g/mol. The Labute approximate surface area is 144 Å². The molecule has 4 rings (SSSR count). The van der Waals surface area contributed by atoms with Crippen molar-refractivity contribution in [1.82, 2.24) is 14.7 Å². The van der Waals surface area contributed by atoms with E-state index in [2.05, 4.69) is 45.0 Å². The van der Waals surface area contributed by atoms with Crippen LogP contribution in [0, 0.1) is 5.41 Å². The van der Waals surface area contributed by atoms with Crippen LogP contribution in [0.1, 0.15) is 37.8 Å². The Morgan fingerprint density at radius 1 is 1.17 bits per heavy atom. The highest BCUT2D eigenvalue weighted by molar-refractivity contribution is 5.32. The molecule has 1 saturated heterocycles. The van der Waals surface area contributed by atoms with Gasteiger partial charge in [0.1, 0.15) is 0 Å². The van der Waals surface area contributed by atoms with Gasteiger partial charge in [0.15, 0.2) is 0 Å². The first-order valence-electron chi connectivity index (χ1n) is 9.14. The summed E-state index contributed by atoms with van der Waals surface area (Å²) in [6.07, 6.45) is 8.81. The van der Waals surface area contributed by atoms with Crippen LogP contribution >= 0.6 is 0 Å². The minimum atomic E-state index is 0.380. The number of aromatic nitrogens is 2. The molecule has 2 atom stereocenters. The summed E-state index contributed by atoms with van der Waals surface area (Å²) >= 11 is 0. The van der Waals surface area contributed by atoms with Gasteiger partial charge in [0.2, 0.25) is 0 Å². The fourth-order valence-corrected chi connectivity index (χ4v) is 4.82. The van der Waals surface area contributed by atoms with Crippen molar-refractivity contribution in [2.24, 2.45) is 5.41 Å². The second kappa shape index (κ2) is 6.69. The third-order valence-corrected chi connectivity index (χ3v) is 5.90. The maximum atomic E-state index is 5.84. The molecule has 0 bridgehead atoms. The zero-order valence-electron chi connectivity index (χ0n) is 14.5. The van der Waals surface area contributed by atoms with E-state index in [4.69, 9.17) is 4.74 Å². The fraction of sp³-hybridized carbons (Fsp3) is 0.550. The monoisotopic (exact) mass is 325 g/mol. The summed E-state index contributed by atoms with van der Waals surface area (Å²) in [5.41, 5.74) is 2.79. The van der Waals surface area contributed by atoms with Crippen LogP contribution in [0.3, 0.4) is 0 Å². The van der Waals surface area contributed by atoms with Gasteiger partial charge in [-0.05, 0) is 50.4 Å². The molecule has 4 heteroatoms. The van der Waals surface area contributed by atoms with Gasteiger partial charge in [-0.2, -0.15) is 5.10 Å². The lowest BCUT2D eigenvalue weighted by molar-refractivity contribution is -0.0369. The predicted molar refractivity (Wildman–Crippen MR) is 95.2 cm³/mol. The van der Waals surface area contributed by atoms with Gasteiger partial charge in [-0.1, -0.05) is 24.6 Å². The van der Waals surface area contributed by atoms with Crippen LogP contribution in [-0.2, 0) is 11.3 Å². The van der Waals surface area contributed by atoms with Crippen LogP contribution in [-0.4, -0.2) is 41.0 Å². The molecule has 128 valence electrons. The zero-order valence-corrected chi connectivity index (χ0v) is 14.5. The molecule has 2 heterocycles. The third-order valence-electron chi connectivity index (χ3n) is 5.90. The number of para-hydroxylation sites is 1. The van der Waals surface area contributed by atoms with Crippen molar-refractivity contribution in [3.05, 3.63) is 48.3 Å². The van der Waals surface area contributed by atoms with Gasteiger partial charge < -0.3 is 4.74 Å². The van der Waals surface area contributed by atoms with Crippen LogP contribution in [0.4, 0.5) is 0 Å². The van der Waals surface area contributed by atoms with E-state index in [1.807, 2.05) is 19.4 Å². The molecule has 0 N–H and O–H groups in total. The quantitative estimate of drug-likeness (QED) is 0.859. The molecule has 1 aliphatic carbocycles. The molecule has 1 spiro atoms. The van der Waals surface area contributed by atoms with Crippen LogP contribution < -0.4 is 0 Å². The summed E-state index contributed by atoms with van der Waals surface area (Å²) in [6.45, 7) is 3.30. The van der Waals surface area contributed by atoms with Crippen LogP contribution in [0.15, 0.2) is 42.6 Å². The van der Waals surface area contributed by atoms with Gasteiger partial charge in [0, 0.05) is 31.8 Å². The summed E-state index contributed by atoms with van der Waals surface area (Å²) in [4.78, 5) is 2.61. The number of rotatable bonds is 4. The van der Waals surface area contributed by atoms with Gasteiger partial charge in [0.05, 0.1) is 17.5 Å². The lowest BCUT2D eigenvalue weighted by atomic mass is 9.76. The van der Waals surface area contributed by atoms with Crippen molar-refractivity contribution in [1.29, 1.82) is 0 Å². The molecule has 4 nitrogen and oxygen atoms in total. The number of methoxy groups -OCH3 is 1. The van der Waals surface area contributed by atoms with Crippen LogP contribution in [0.5, 0.6) is 0 Å². The van der Waals surface area contributed by atoms with Gasteiger partial charge >= 0.3 is 0 Å². The third kappa shape index (κ3) is 2.89. The fourth-order valence-electron chi connectivity index (χ4n) is 4.82. The number of likely N-dealkylation sites (tertiary alicyclic amines) is 1. The van der Waals surface area contributed by atoms with Crippen molar-refractivity contribution in [3.8, 4) is 5.69 Å². The van der Waals surface area contributed by atoms with E-state index >= 15 is 0 Å². The summed E-state index contributed by atoms with van der Waals surface area (Å²) in [7, 11) is 1.89. The normalized spacial score (nSPS) is 27.8. The lowest BCUT2D eigenvalue weighted by Gasteiger charge is -2.43. The van der Waals surface area contributed by atoms with Crippen molar-refractivity contribution >= 4 is 0 Å². The summed E-state index contributed by atoms with van der Waals surface area (Å²) in [5, 5.41) is 4.54. The molecule has 24 heavy (non-hydrogen) atoms. The number of hydrogen-bond donors (Lipinski definition) is 0. The number of hydrogen-bond acceptors (Lipinski definition) is 3. The minimum absolute atomic E-state index is 0.380.